The minimum atomic E-state index is -0.449. The molecule has 2 aromatic heterocycles. The number of halogens is 1. The maximum absolute atomic E-state index is 13.9. The summed E-state index contributed by atoms with van der Waals surface area (Å²) in [6.07, 6.45) is 1.50. The number of hydrogen-bond acceptors (Lipinski definition) is 6. The molecule has 0 bridgehead atoms. The van der Waals surface area contributed by atoms with Crippen LogP contribution in [0.1, 0.15) is 11.5 Å². The lowest BCUT2D eigenvalue weighted by Crippen LogP contribution is -2.19. The van der Waals surface area contributed by atoms with E-state index in [0.29, 0.717) is 23.8 Å². The SMILES string of the molecule is COc1ccc(-c2cnnc(N(C)Cc3ccc(C)o3)n2)cc1F. The summed E-state index contributed by atoms with van der Waals surface area (Å²) in [6.45, 7) is 2.40. The molecule has 0 spiro atoms. The standard InChI is InChI=1S/C17H17FN4O2/c1-11-4-6-13(24-11)10-22(2)17-20-15(9-19-21-17)12-5-7-16(23-3)14(18)8-12/h4-9H,10H2,1-3H3. The lowest BCUT2D eigenvalue weighted by Gasteiger charge is -2.15. The van der Waals surface area contributed by atoms with E-state index in [2.05, 4.69) is 15.2 Å². The molecule has 0 unspecified atom stereocenters. The van der Waals surface area contributed by atoms with Crippen molar-refractivity contribution in [1.82, 2.24) is 15.2 Å². The van der Waals surface area contributed by atoms with Crippen LogP contribution in [-0.2, 0) is 6.54 Å². The zero-order chi connectivity index (χ0) is 17.1. The van der Waals surface area contributed by atoms with E-state index in [-0.39, 0.29) is 5.75 Å². The average Bonchev–Trinajstić information content (AvgIpc) is 2.99. The summed E-state index contributed by atoms with van der Waals surface area (Å²) in [7, 11) is 3.26. The summed E-state index contributed by atoms with van der Waals surface area (Å²) >= 11 is 0. The van der Waals surface area contributed by atoms with Crippen molar-refractivity contribution in [2.45, 2.75) is 13.5 Å². The van der Waals surface area contributed by atoms with Crippen molar-refractivity contribution in [3.63, 3.8) is 0 Å². The second-order valence-electron chi connectivity index (χ2n) is 5.36. The molecule has 0 radical (unpaired) electrons. The molecular formula is C17H17FN4O2. The Morgan fingerprint density at radius 3 is 2.75 bits per heavy atom. The van der Waals surface area contributed by atoms with Crippen molar-refractivity contribution in [2.75, 3.05) is 19.1 Å². The molecule has 1 aromatic carbocycles. The lowest BCUT2D eigenvalue weighted by atomic mass is 10.1. The minimum Gasteiger partial charge on any atom is -0.494 e. The van der Waals surface area contributed by atoms with Crippen molar-refractivity contribution in [1.29, 1.82) is 0 Å². The van der Waals surface area contributed by atoms with Crippen LogP contribution in [0.15, 0.2) is 40.9 Å². The molecule has 2 heterocycles. The Balaban J connectivity index is 1.84. The number of furan rings is 1. The second kappa shape index (κ2) is 6.66. The van der Waals surface area contributed by atoms with Gasteiger partial charge in [-0.2, -0.15) is 5.10 Å². The highest BCUT2D eigenvalue weighted by atomic mass is 19.1. The van der Waals surface area contributed by atoms with Gasteiger partial charge in [0, 0.05) is 12.6 Å². The molecule has 0 amide bonds. The van der Waals surface area contributed by atoms with Crippen LogP contribution in [0.4, 0.5) is 10.3 Å². The fourth-order valence-corrected chi connectivity index (χ4v) is 2.30. The summed E-state index contributed by atoms with van der Waals surface area (Å²) in [5.41, 5.74) is 1.13. The van der Waals surface area contributed by atoms with E-state index in [0.717, 1.165) is 11.5 Å². The number of ether oxygens (including phenoxy) is 1. The third-order valence-electron chi connectivity index (χ3n) is 3.53. The van der Waals surface area contributed by atoms with Gasteiger partial charge >= 0.3 is 0 Å². The molecule has 0 fully saturated rings. The summed E-state index contributed by atoms with van der Waals surface area (Å²) in [5.74, 6) is 1.82. The summed E-state index contributed by atoms with van der Waals surface area (Å²) < 4.78 is 24.3. The fraction of sp³-hybridized carbons (Fsp3) is 0.235. The Kier molecular flexibility index (Phi) is 4.41. The monoisotopic (exact) mass is 328 g/mol. The van der Waals surface area contributed by atoms with Crippen LogP contribution in [0.3, 0.4) is 0 Å². The van der Waals surface area contributed by atoms with Crippen molar-refractivity contribution < 1.29 is 13.5 Å². The summed E-state index contributed by atoms with van der Waals surface area (Å²) in [6, 6.07) is 8.46. The van der Waals surface area contributed by atoms with Gasteiger partial charge in [-0.25, -0.2) is 9.37 Å². The number of benzene rings is 1. The third-order valence-corrected chi connectivity index (χ3v) is 3.53. The van der Waals surface area contributed by atoms with Gasteiger partial charge in [0.05, 0.1) is 25.5 Å². The number of aryl methyl sites for hydroxylation is 1. The van der Waals surface area contributed by atoms with Gasteiger partial charge < -0.3 is 14.1 Å². The summed E-state index contributed by atoms with van der Waals surface area (Å²) in [4.78, 5) is 6.26. The number of hydrogen-bond donors (Lipinski definition) is 0. The molecular weight excluding hydrogens is 311 g/mol. The maximum atomic E-state index is 13.9. The molecule has 6 nitrogen and oxygen atoms in total. The molecule has 24 heavy (non-hydrogen) atoms. The van der Waals surface area contributed by atoms with E-state index in [4.69, 9.17) is 9.15 Å². The van der Waals surface area contributed by atoms with Crippen LogP contribution in [0.5, 0.6) is 5.75 Å². The Morgan fingerprint density at radius 1 is 1.25 bits per heavy atom. The molecule has 3 rings (SSSR count). The van der Waals surface area contributed by atoms with E-state index in [1.54, 1.807) is 12.1 Å². The highest BCUT2D eigenvalue weighted by Crippen LogP contribution is 2.24. The highest BCUT2D eigenvalue weighted by Gasteiger charge is 2.12. The predicted octanol–water partition coefficient (Wildman–Crippen LogP) is 3.22. The normalized spacial score (nSPS) is 10.7. The topological polar surface area (TPSA) is 64.3 Å². The van der Waals surface area contributed by atoms with Crippen LogP contribution in [0, 0.1) is 12.7 Å². The molecule has 0 saturated carbocycles. The van der Waals surface area contributed by atoms with E-state index >= 15 is 0 Å². The number of aromatic nitrogens is 3. The fourth-order valence-electron chi connectivity index (χ4n) is 2.30. The molecule has 124 valence electrons. The van der Waals surface area contributed by atoms with Crippen molar-refractivity contribution in [3.8, 4) is 17.0 Å². The molecule has 0 N–H and O–H groups in total. The van der Waals surface area contributed by atoms with Crippen molar-refractivity contribution in [3.05, 3.63) is 53.9 Å². The third kappa shape index (κ3) is 3.34. The smallest absolute Gasteiger partial charge is 0.246 e. The number of anilines is 1. The Labute approximate surface area is 138 Å². The zero-order valence-corrected chi connectivity index (χ0v) is 13.7. The molecule has 0 saturated heterocycles. The first-order valence-corrected chi connectivity index (χ1v) is 7.37. The van der Waals surface area contributed by atoms with Crippen molar-refractivity contribution in [2.24, 2.45) is 0 Å². The molecule has 0 aliphatic rings. The van der Waals surface area contributed by atoms with Crippen LogP contribution in [0.25, 0.3) is 11.3 Å². The largest absolute Gasteiger partial charge is 0.494 e. The maximum Gasteiger partial charge on any atom is 0.246 e. The van der Waals surface area contributed by atoms with Crippen LogP contribution >= 0.6 is 0 Å². The zero-order valence-electron chi connectivity index (χ0n) is 13.7. The quantitative estimate of drug-likeness (QED) is 0.716. The first-order chi connectivity index (χ1) is 11.6. The highest BCUT2D eigenvalue weighted by molar-refractivity contribution is 5.60. The Morgan fingerprint density at radius 2 is 2.08 bits per heavy atom. The second-order valence-corrected chi connectivity index (χ2v) is 5.36. The predicted molar refractivity (Wildman–Crippen MR) is 87.3 cm³/mol. The van der Waals surface area contributed by atoms with E-state index < -0.39 is 5.82 Å². The minimum absolute atomic E-state index is 0.186. The first-order valence-electron chi connectivity index (χ1n) is 7.37. The van der Waals surface area contributed by atoms with Crippen LogP contribution < -0.4 is 9.64 Å². The molecule has 0 aliphatic heterocycles. The molecule has 0 aliphatic carbocycles. The van der Waals surface area contributed by atoms with Gasteiger partial charge in [-0.05, 0) is 37.3 Å². The van der Waals surface area contributed by atoms with E-state index in [9.17, 15) is 4.39 Å². The average molecular weight is 328 g/mol. The van der Waals surface area contributed by atoms with Gasteiger partial charge in [-0.15, -0.1) is 5.10 Å². The lowest BCUT2D eigenvalue weighted by molar-refractivity contribution is 0.386. The Hall–Kier alpha value is -2.96. The van der Waals surface area contributed by atoms with Gasteiger partial charge in [0.2, 0.25) is 5.95 Å². The van der Waals surface area contributed by atoms with Gasteiger partial charge in [-0.3, -0.25) is 0 Å². The van der Waals surface area contributed by atoms with Gasteiger partial charge in [-0.1, -0.05) is 0 Å². The van der Waals surface area contributed by atoms with E-state index in [1.807, 2.05) is 31.0 Å². The van der Waals surface area contributed by atoms with Gasteiger partial charge in [0.1, 0.15) is 11.5 Å². The van der Waals surface area contributed by atoms with Crippen molar-refractivity contribution >= 4 is 5.95 Å². The Bertz CT molecular complexity index is 850. The van der Waals surface area contributed by atoms with Crippen LogP contribution in [0.2, 0.25) is 0 Å². The van der Waals surface area contributed by atoms with E-state index in [1.165, 1.54) is 19.4 Å². The van der Waals surface area contributed by atoms with Crippen LogP contribution in [-0.4, -0.2) is 29.3 Å². The molecule has 0 atom stereocenters. The number of methoxy groups -OCH3 is 1. The number of rotatable bonds is 5. The van der Waals surface area contributed by atoms with Gasteiger partial charge in [0.15, 0.2) is 11.6 Å². The number of nitrogens with zero attached hydrogens (tertiary/aromatic N) is 4. The molecule has 3 aromatic rings. The first kappa shape index (κ1) is 15.9. The molecule has 7 heteroatoms. The van der Waals surface area contributed by atoms with Gasteiger partial charge in [0.25, 0.3) is 0 Å². The summed E-state index contributed by atoms with van der Waals surface area (Å²) in [5, 5.41) is 7.99.